The lowest BCUT2D eigenvalue weighted by Gasteiger charge is -2.31. The van der Waals surface area contributed by atoms with Crippen molar-refractivity contribution in [2.75, 3.05) is 32.8 Å². The Labute approximate surface area is 148 Å². The molecule has 1 saturated heterocycles. The highest BCUT2D eigenvalue weighted by Gasteiger charge is 2.27. The molecular weight excluding hydrogens is 316 g/mol. The third kappa shape index (κ3) is 4.61. The molecule has 2 heterocycles. The molecule has 1 aliphatic heterocycles. The Morgan fingerprint density at radius 2 is 2.00 bits per heavy atom. The van der Waals surface area contributed by atoms with Gasteiger partial charge in [-0.25, -0.2) is 0 Å². The molecule has 0 spiro atoms. The fraction of sp³-hybridized carbons (Fsp3) is 0.421. The van der Waals surface area contributed by atoms with Crippen LogP contribution in [0.1, 0.15) is 30.1 Å². The van der Waals surface area contributed by atoms with Gasteiger partial charge in [-0.05, 0) is 12.5 Å². The number of nitrogens with zero attached hydrogens (tertiary/aromatic N) is 3. The predicted octanol–water partition coefficient (Wildman–Crippen LogP) is 1.77. The number of rotatable bonds is 6. The van der Waals surface area contributed by atoms with E-state index in [4.69, 9.17) is 4.74 Å². The molecule has 1 N–H and O–H groups in total. The first-order valence-corrected chi connectivity index (χ1v) is 8.66. The second-order valence-corrected chi connectivity index (χ2v) is 6.16. The number of benzene rings is 1. The average molecular weight is 340 g/mol. The van der Waals surface area contributed by atoms with E-state index in [1.165, 1.54) is 0 Å². The second kappa shape index (κ2) is 8.69. The van der Waals surface area contributed by atoms with Gasteiger partial charge >= 0.3 is 0 Å². The van der Waals surface area contributed by atoms with E-state index < -0.39 is 0 Å². The lowest BCUT2D eigenvalue weighted by Crippen LogP contribution is -2.45. The molecule has 1 aliphatic rings. The molecule has 6 nitrogen and oxygen atoms in total. The van der Waals surface area contributed by atoms with E-state index in [1.807, 2.05) is 42.2 Å². The first kappa shape index (κ1) is 17.5. The molecule has 2 aromatic rings. The number of nitrogens with one attached hydrogen (secondary N) is 1. The maximum absolute atomic E-state index is 13.1. The monoisotopic (exact) mass is 340 g/mol. The van der Waals surface area contributed by atoms with Crippen LogP contribution < -0.4 is 5.32 Å². The summed E-state index contributed by atoms with van der Waals surface area (Å²) in [6, 6.07) is 9.96. The number of carbonyl (C=O) groups is 1. The summed E-state index contributed by atoms with van der Waals surface area (Å²) < 4.78 is 5.37. The van der Waals surface area contributed by atoms with Crippen molar-refractivity contribution in [1.82, 2.24) is 20.2 Å². The van der Waals surface area contributed by atoms with Crippen molar-refractivity contribution in [3.63, 3.8) is 0 Å². The van der Waals surface area contributed by atoms with Gasteiger partial charge in [0.25, 0.3) is 0 Å². The van der Waals surface area contributed by atoms with Gasteiger partial charge in [0.2, 0.25) is 5.91 Å². The number of carbonyl (C=O) groups excluding carboxylic acids is 1. The van der Waals surface area contributed by atoms with Crippen LogP contribution in [0.3, 0.4) is 0 Å². The summed E-state index contributed by atoms with van der Waals surface area (Å²) in [5.41, 5.74) is 1.89. The van der Waals surface area contributed by atoms with Crippen molar-refractivity contribution in [1.29, 1.82) is 0 Å². The Morgan fingerprint density at radius 1 is 1.24 bits per heavy atom. The zero-order chi connectivity index (χ0) is 17.5. The van der Waals surface area contributed by atoms with Crippen molar-refractivity contribution < 1.29 is 9.53 Å². The molecular formula is C19H24N4O2. The minimum Gasteiger partial charge on any atom is -0.378 e. The third-order valence-corrected chi connectivity index (χ3v) is 4.48. The highest BCUT2D eigenvalue weighted by Crippen LogP contribution is 2.20. The molecule has 1 aromatic carbocycles. The first-order valence-electron chi connectivity index (χ1n) is 8.66. The molecule has 1 fully saturated rings. The Morgan fingerprint density at radius 3 is 2.68 bits per heavy atom. The minimum absolute atomic E-state index is 0.0254. The summed E-state index contributed by atoms with van der Waals surface area (Å²) >= 11 is 0. The molecule has 1 amide bonds. The van der Waals surface area contributed by atoms with Gasteiger partial charge in [-0.1, -0.05) is 30.3 Å². The van der Waals surface area contributed by atoms with E-state index in [2.05, 4.69) is 15.3 Å². The van der Waals surface area contributed by atoms with Crippen LogP contribution in [0.25, 0.3) is 0 Å². The van der Waals surface area contributed by atoms with Crippen LogP contribution in [0.4, 0.5) is 0 Å². The van der Waals surface area contributed by atoms with Gasteiger partial charge < -0.3 is 15.0 Å². The fourth-order valence-electron chi connectivity index (χ4n) is 2.97. The van der Waals surface area contributed by atoms with E-state index in [0.717, 1.165) is 11.3 Å². The van der Waals surface area contributed by atoms with Gasteiger partial charge in [-0.2, -0.15) is 0 Å². The number of hydrogen-bond acceptors (Lipinski definition) is 5. The first-order chi connectivity index (χ1) is 12.3. The van der Waals surface area contributed by atoms with Crippen molar-refractivity contribution >= 4 is 5.91 Å². The molecule has 0 aliphatic carbocycles. The molecule has 25 heavy (non-hydrogen) atoms. The molecule has 0 bridgehead atoms. The van der Waals surface area contributed by atoms with E-state index in [9.17, 15) is 4.79 Å². The van der Waals surface area contributed by atoms with Crippen LogP contribution in [-0.2, 0) is 9.53 Å². The molecule has 132 valence electrons. The molecule has 0 radical (unpaired) electrons. The predicted molar refractivity (Wildman–Crippen MR) is 95.0 cm³/mol. The summed E-state index contributed by atoms with van der Waals surface area (Å²) in [5.74, 6) is -0.0771. The Bertz CT molecular complexity index is 660. The van der Waals surface area contributed by atoms with Crippen LogP contribution in [0.2, 0.25) is 0 Å². The van der Waals surface area contributed by atoms with Crippen molar-refractivity contribution in [3.8, 4) is 0 Å². The molecule has 6 heteroatoms. The van der Waals surface area contributed by atoms with E-state index in [0.29, 0.717) is 32.8 Å². The maximum atomic E-state index is 13.1. The van der Waals surface area contributed by atoms with Crippen LogP contribution >= 0.6 is 0 Å². The Balaban J connectivity index is 1.71. The quantitative estimate of drug-likeness (QED) is 0.868. The summed E-state index contributed by atoms with van der Waals surface area (Å²) in [6.07, 6.45) is 5.09. The largest absolute Gasteiger partial charge is 0.378 e. The number of aromatic nitrogens is 2. The second-order valence-electron chi connectivity index (χ2n) is 6.16. The van der Waals surface area contributed by atoms with Gasteiger partial charge in [0.15, 0.2) is 0 Å². The van der Waals surface area contributed by atoms with Crippen LogP contribution in [0.15, 0.2) is 48.9 Å². The molecule has 1 aromatic heterocycles. The van der Waals surface area contributed by atoms with E-state index in [-0.39, 0.29) is 17.9 Å². The highest BCUT2D eigenvalue weighted by molar-refractivity contribution is 5.84. The van der Waals surface area contributed by atoms with Crippen molar-refractivity contribution in [2.24, 2.45) is 0 Å². The van der Waals surface area contributed by atoms with E-state index >= 15 is 0 Å². The molecule has 0 saturated carbocycles. The summed E-state index contributed by atoms with van der Waals surface area (Å²) in [4.78, 5) is 23.4. The van der Waals surface area contributed by atoms with Gasteiger partial charge in [0, 0.05) is 44.3 Å². The average Bonchev–Trinajstić information content (AvgIpc) is 2.70. The van der Waals surface area contributed by atoms with Crippen molar-refractivity contribution in [2.45, 2.75) is 18.9 Å². The summed E-state index contributed by atoms with van der Waals surface area (Å²) in [6.45, 7) is 5.11. The zero-order valence-corrected chi connectivity index (χ0v) is 14.5. The summed E-state index contributed by atoms with van der Waals surface area (Å²) in [7, 11) is 0. The number of hydrogen-bond donors (Lipinski definition) is 1. The number of amides is 1. The smallest absolute Gasteiger partial charge is 0.231 e. The zero-order valence-electron chi connectivity index (χ0n) is 14.5. The van der Waals surface area contributed by atoms with Gasteiger partial charge in [-0.15, -0.1) is 0 Å². The standard InChI is InChI=1S/C19H24N4O2/c1-15(18-14-20-7-8-21-18)22-13-17(16-5-3-2-4-6-16)19(24)23-9-11-25-12-10-23/h2-8,14-15,17,22H,9-13H2,1H3/t15-,17+/m0/s1. The minimum atomic E-state index is -0.224. The van der Waals surface area contributed by atoms with Crippen LogP contribution in [0.5, 0.6) is 0 Å². The van der Waals surface area contributed by atoms with Gasteiger partial charge in [0.1, 0.15) is 0 Å². The SMILES string of the molecule is C[C@H](NC[C@@H](C(=O)N1CCOCC1)c1ccccc1)c1cnccn1. The number of ether oxygens (including phenoxy) is 1. The topological polar surface area (TPSA) is 67.4 Å². The molecule has 2 atom stereocenters. The van der Waals surface area contributed by atoms with Crippen LogP contribution in [0, 0.1) is 0 Å². The highest BCUT2D eigenvalue weighted by atomic mass is 16.5. The van der Waals surface area contributed by atoms with Crippen molar-refractivity contribution in [3.05, 3.63) is 60.2 Å². The summed E-state index contributed by atoms with van der Waals surface area (Å²) in [5, 5.41) is 3.44. The maximum Gasteiger partial charge on any atom is 0.231 e. The fourth-order valence-corrected chi connectivity index (χ4v) is 2.97. The van der Waals surface area contributed by atoms with Gasteiger partial charge in [0.05, 0.1) is 24.8 Å². The molecule has 0 unspecified atom stereocenters. The van der Waals surface area contributed by atoms with Gasteiger partial charge in [-0.3, -0.25) is 14.8 Å². The number of morpholine rings is 1. The van der Waals surface area contributed by atoms with Crippen LogP contribution in [-0.4, -0.2) is 53.6 Å². The molecule has 3 rings (SSSR count). The lowest BCUT2D eigenvalue weighted by atomic mass is 9.96. The lowest BCUT2D eigenvalue weighted by molar-refractivity contribution is -0.136. The van der Waals surface area contributed by atoms with E-state index in [1.54, 1.807) is 18.6 Å². The third-order valence-electron chi connectivity index (χ3n) is 4.48. The normalized spacial score (nSPS) is 17.1. The Hall–Kier alpha value is -2.31. The Kier molecular flexibility index (Phi) is 6.09.